The van der Waals surface area contributed by atoms with Crippen molar-refractivity contribution in [3.05, 3.63) is 65.2 Å². The summed E-state index contributed by atoms with van der Waals surface area (Å²) in [7, 11) is 1.52. The molecule has 0 spiro atoms. The van der Waals surface area contributed by atoms with Gasteiger partial charge in [0.25, 0.3) is 0 Å². The topological polar surface area (TPSA) is 83.9 Å². The number of carboxylic acid groups (broad SMARTS) is 1. The summed E-state index contributed by atoms with van der Waals surface area (Å²) < 4.78 is 5.33. The third-order valence-corrected chi connectivity index (χ3v) is 4.42. The van der Waals surface area contributed by atoms with Crippen LogP contribution in [0.1, 0.15) is 41.3 Å². The summed E-state index contributed by atoms with van der Waals surface area (Å²) in [5.41, 5.74) is 2.12. The first-order valence-corrected chi connectivity index (χ1v) is 9.12. The maximum absolute atomic E-state index is 13.0. The number of hydrogen-bond acceptors (Lipinski definition) is 4. The number of ketones is 1. The summed E-state index contributed by atoms with van der Waals surface area (Å²) in [4.78, 5) is 37.1. The molecule has 0 radical (unpaired) electrons. The molecule has 0 fully saturated rings. The van der Waals surface area contributed by atoms with E-state index >= 15 is 0 Å². The number of methoxy groups -OCH3 is 1. The van der Waals surface area contributed by atoms with Crippen molar-refractivity contribution >= 4 is 17.7 Å². The van der Waals surface area contributed by atoms with Gasteiger partial charge in [-0.25, -0.2) is 0 Å². The normalized spacial score (nSPS) is 10.4. The molecule has 2 aromatic rings. The molecule has 0 atom stereocenters. The van der Waals surface area contributed by atoms with Crippen molar-refractivity contribution in [2.45, 2.75) is 32.7 Å². The van der Waals surface area contributed by atoms with Crippen LogP contribution < -0.4 is 4.74 Å². The van der Waals surface area contributed by atoms with Crippen LogP contribution in [0.25, 0.3) is 0 Å². The van der Waals surface area contributed by atoms with E-state index in [0.717, 1.165) is 5.56 Å². The number of hydrogen-bond donors (Lipinski definition) is 1. The minimum absolute atomic E-state index is 0.00170. The van der Waals surface area contributed by atoms with Crippen LogP contribution in [0, 0.1) is 0 Å². The molecule has 1 N–H and O–H groups in total. The smallest absolute Gasteiger partial charge is 0.303 e. The number of ether oxygens (including phenoxy) is 1. The molecule has 0 unspecified atom stereocenters. The predicted octanol–water partition coefficient (Wildman–Crippen LogP) is 3.33. The minimum Gasteiger partial charge on any atom is -0.496 e. The second-order valence-corrected chi connectivity index (χ2v) is 6.56. The molecular weight excluding hydrogens is 358 g/mol. The summed E-state index contributed by atoms with van der Waals surface area (Å²) in [6.07, 6.45) is 0.449. The monoisotopic (exact) mass is 383 g/mol. The van der Waals surface area contributed by atoms with Gasteiger partial charge < -0.3 is 14.7 Å². The standard InChI is InChI=1S/C22H25NO5/c1-16(24)18-10-11-20(28-2)19(13-18)14-21(25)23(12-6-9-22(26)27)15-17-7-4-3-5-8-17/h3-5,7-8,10-11,13H,6,9,12,14-15H2,1-2H3,(H,26,27). The van der Waals surface area contributed by atoms with Gasteiger partial charge in [-0.15, -0.1) is 0 Å². The zero-order valence-electron chi connectivity index (χ0n) is 16.2. The fraction of sp³-hybridized carbons (Fsp3) is 0.318. The highest BCUT2D eigenvalue weighted by atomic mass is 16.5. The van der Waals surface area contributed by atoms with E-state index in [9.17, 15) is 14.4 Å². The molecule has 0 heterocycles. The van der Waals surface area contributed by atoms with Gasteiger partial charge >= 0.3 is 5.97 Å². The van der Waals surface area contributed by atoms with Gasteiger partial charge in [-0.2, -0.15) is 0 Å². The van der Waals surface area contributed by atoms with E-state index in [-0.39, 0.29) is 24.5 Å². The fourth-order valence-electron chi connectivity index (χ4n) is 2.93. The second kappa shape index (κ2) is 10.3. The lowest BCUT2D eigenvalue weighted by Gasteiger charge is -2.23. The number of benzene rings is 2. The van der Waals surface area contributed by atoms with Gasteiger partial charge in [0.2, 0.25) is 5.91 Å². The summed E-state index contributed by atoms with van der Waals surface area (Å²) in [5.74, 6) is -0.571. The minimum atomic E-state index is -0.886. The number of aliphatic carboxylic acids is 1. The third-order valence-electron chi connectivity index (χ3n) is 4.42. The lowest BCUT2D eigenvalue weighted by molar-refractivity contribution is -0.138. The van der Waals surface area contributed by atoms with E-state index in [4.69, 9.17) is 9.84 Å². The molecule has 0 saturated carbocycles. The Morgan fingerprint density at radius 2 is 1.79 bits per heavy atom. The van der Waals surface area contributed by atoms with Crippen molar-refractivity contribution in [1.82, 2.24) is 4.90 Å². The van der Waals surface area contributed by atoms with Gasteiger partial charge in [-0.05, 0) is 37.1 Å². The molecule has 148 valence electrons. The number of carboxylic acids is 1. The highest BCUT2D eigenvalue weighted by Gasteiger charge is 2.18. The largest absolute Gasteiger partial charge is 0.496 e. The Kier molecular flexibility index (Phi) is 7.75. The quantitative estimate of drug-likeness (QED) is 0.636. The SMILES string of the molecule is COc1ccc(C(C)=O)cc1CC(=O)N(CCCC(=O)O)Cc1ccccc1. The molecule has 6 heteroatoms. The molecule has 2 aromatic carbocycles. The maximum Gasteiger partial charge on any atom is 0.303 e. The van der Waals surface area contributed by atoms with Crippen molar-refractivity contribution in [3.8, 4) is 5.75 Å². The molecular formula is C22H25NO5. The van der Waals surface area contributed by atoms with E-state index < -0.39 is 5.97 Å². The van der Waals surface area contributed by atoms with Gasteiger partial charge in [0.1, 0.15) is 5.75 Å². The van der Waals surface area contributed by atoms with Gasteiger partial charge in [0, 0.05) is 30.6 Å². The van der Waals surface area contributed by atoms with Crippen molar-refractivity contribution in [2.75, 3.05) is 13.7 Å². The maximum atomic E-state index is 13.0. The van der Waals surface area contributed by atoms with Gasteiger partial charge in [0.15, 0.2) is 5.78 Å². The molecule has 28 heavy (non-hydrogen) atoms. The Morgan fingerprint density at radius 1 is 1.07 bits per heavy atom. The number of rotatable bonds is 10. The summed E-state index contributed by atoms with van der Waals surface area (Å²) in [5, 5.41) is 8.89. The van der Waals surface area contributed by atoms with Crippen LogP contribution in [0.15, 0.2) is 48.5 Å². The van der Waals surface area contributed by atoms with Gasteiger partial charge in [-0.3, -0.25) is 14.4 Å². The summed E-state index contributed by atoms with van der Waals surface area (Å²) in [6, 6.07) is 14.6. The molecule has 0 aliphatic heterocycles. The number of carbonyl (C=O) groups excluding carboxylic acids is 2. The zero-order chi connectivity index (χ0) is 20.5. The molecule has 6 nitrogen and oxygen atoms in total. The molecule has 0 bridgehead atoms. The van der Waals surface area contributed by atoms with Crippen molar-refractivity contribution in [2.24, 2.45) is 0 Å². The first-order chi connectivity index (χ1) is 13.4. The van der Waals surface area contributed by atoms with E-state index in [1.807, 2.05) is 30.3 Å². The molecule has 0 aromatic heterocycles. The van der Waals surface area contributed by atoms with Gasteiger partial charge in [-0.1, -0.05) is 30.3 Å². The molecule has 0 aliphatic carbocycles. The first kappa shape index (κ1) is 21.2. The summed E-state index contributed by atoms with van der Waals surface area (Å²) >= 11 is 0. The first-order valence-electron chi connectivity index (χ1n) is 9.12. The molecule has 0 aliphatic rings. The number of Topliss-reactive ketones (excluding diaryl/α,β-unsaturated/α-hetero) is 1. The number of carbonyl (C=O) groups is 3. The van der Waals surface area contributed by atoms with Crippen LogP contribution in [0.3, 0.4) is 0 Å². The molecule has 1 amide bonds. The number of amides is 1. The van der Waals surface area contributed by atoms with Crippen LogP contribution in [0.4, 0.5) is 0 Å². The van der Waals surface area contributed by atoms with E-state index in [0.29, 0.717) is 36.4 Å². The Labute approximate surface area is 164 Å². The Bertz CT molecular complexity index is 832. The summed E-state index contributed by atoms with van der Waals surface area (Å²) in [6.45, 7) is 2.21. The van der Waals surface area contributed by atoms with Crippen LogP contribution >= 0.6 is 0 Å². The third kappa shape index (κ3) is 6.23. The van der Waals surface area contributed by atoms with Gasteiger partial charge in [0.05, 0.1) is 13.5 Å². The lowest BCUT2D eigenvalue weighted by atomic mass is 10.0. The highest BCUT2D eigenvalue weighted by molar-refractivity contribution is 5.94. The fourth-order valence-corrected chi connectivity index (χ4v) is 2.93. The van der Waals surface area contributed by atoms with E-state index in [1.165, 1.54) is 14.0 Å². The predicted molar refractivity (Wildman–Crippen MR) is 105 cm³/mol. The Morgan fingerprint density at radius 3 is 2.39 bits per heavy atom. The van der Waals surface area contributed by atoms with Crippen molar-refractivity contribution < 1.29 is 24.2 Å². The van der Waals surface area contributed by atoms with Crippen LogP contribution in [0.5, 0.6) is 5.75 Å². The van der Waals surface area contributed by atoms with Crippen molar-refractivity contribution in [3.63, 3.8) is 0 Å². The zero-order valence-corrected chi connectivity index (χ0v) is 16.2. The van der Waals surface area contributed by atoms with E-state index in [1.54, 1.807) is 23.1 Å². The Balaban J connectivity index is 2.19. The average molecular weight is 383 g/mol. The van der Waals surface area contributed by atoms with Crippen molar-refractivity contribution in [1.29, 1.82) is 0 Å². The highest BCUT2D eigenvalue weighted by Crippen LogP contribution is 2.22. The number of nitrogens with zero attached hydrogens (tertiary/aromatic N) is 1. The van der Waals surface area contributed by atoms with Crippen LogP contribution in [-0.4, -0.2) is 41.3 Å². The average Bonchev–Trinajstić information content (AvgIpc) is 2.67. The molecule has 0 saturated heterocycles. The van der Waals surface area contributed by atoms with Crippen LogP contribution in [0.2, 0.25) is 0 Å². The Hall–Kier alpha value is -3.15. The second-order valence-electron chi connectivity index (χ2n) is 6.56. The lowest BCUT2D eigenvalue weighted by Crippen LogP contribution is -2.33. The van der Waals surface area contributed by atoms with Crippen LogP contribution in [-0.2, 0) is 22.6 Å². The van der Waals surface area contributed by atoms with E-state index in [2.05, 4.69) is 0 Å². The molecule has 2 rings (SSSR count).